The summed E-state index contributed by atoms with van der Waals surface area (Å²) in [7, 11) is 0. The fourth-order valence-corrected chi connectivity index (χ4v) is 1.87. The van der Waals surface area contributed by atoms with Gasteiger partial charge in [-0.15, -0.1) is 23.2 Å². The highest BCUT2D eigenvalue weighted by Crippen LogP contribution is 2.10. The van der Waals surface area contributed by atoms with Crippen LogP contribution >= 0.6 is 23.2 Å². The first kappa shape index (κ1) is 11.1. The zero-order valence-corrected chi connectivity index (χ0v) is 9.19. The van der Waals surface area contributed by atoms with Crippen LogP contribution in [-0.2, 0) is 0 Å². The molecular weight excluding hydrogens is 205 g/mol. The van der Waals surface area contributed by atoms with Crippen LogP contribution in [0.4, 0.5) is 0 Å². The molecule has 0 aromatic heterocycles. The highest BCUT2D eigenvalue weighted by atomic mass is 35.5. The second kappa shape index (κ2) is 6.47. The highest BCUT2D eigenvalue weighted by Gasteiger charge is 2.06. The first-order valence-electron chi connectivity index (χ1n) is 4.56. The van der Waals surface area contributed by atoms with E-state index in [2.05, 4.69) is 23.1 Å². The van der Waals surface area contributed by atoms with Crippen molar-refractivity contribution in [3.05, 3.63) is 23.8 Å². The maximum absolute atomic E-state index is 5.70. The Hall–Kier alpha value is 0.0200. The van der Waals surface area contributed by atoms with E-state index in [-0.39, 0.29) is 0 Å². The molecule has 1 nitrogen and oxygen atoms in total. The van der Waals surface area contributed by atoms with Crippen molar-refractivity contribution in [2.75, 3.05) is 31.4 Å². The van der Waals surface area contributed by atoms with Gasteiger partial charge in [0.15, 0.2) is 0 Å². The normalized spacial score (nSPS) is 15.5. The summed E-state index contributed by atoms with van der Waals surface area (Å²) in [6.45, 7) is 2.81. The molecule has 3 heteroatoms. The van der Waals surface area contributed by atoms with Crippen LogP contribution in [0.1, 0.15) is 6.42 Å². The zero-order chi connectivity index (χ0) is 9.52. The van der Waals surface area contributed by atoms with Gasteiger partial charge in [0, 0.05) is 31.4 Å². The first-order chi connectivity index (χ1) is 6.36. The molecule has 0 N–H and O–H groups in total. The van der Waals surface area contributed by atoms with Gasteiger partial charge in [-0.1, -0.05) is 18.2 Å². The molecule has 0 fully saturated rings. The lowest BCUT2D eigenvalue weighted by Crippen LogP contribution is -2.29. The lowest BCUT2D eigenvalue weighted by Gasteiger charge is -2.19. The van der Waals surface area contributed by atoms with Gasteiger partial charge in [0.25, 0.3) is 0 Å². The van der Waals surface area contributed by atoms with Gasteiger partial charge < -0.3 is 0 Å². The lowest BCUT2D eigenvalue weighted by molar-refractivity contribution is 0.336. The molecule has 1 aliphatic rings. The van der Waals surface area contributed by atoms with Crippen LogP contribution < -0.4 is 0 Å². The molecule has 0 atom stereocenters. The Morgan fingerprint density at radius 2 is 1.92 bits per heavy atom. The molecule has 0 aromatic rings. The average Bonchev–Trinajstić information content (AvgIpc) is 2.58. The number of hydrogen-bond donors (Lipinski definition) is 0. The van der Waals surface area contributed by atoms with Gasteiger partial charge in [-0.25, -0.2) is 0 Å². The van der Waals surface area contributed by atoms with E-state index < -0.39 is 0 Å². The van der Waals surface area contributed by atoms with Crippen molar-refractivity contribution in [1.82, 2.24) is 4.90 Å². The monoisotopic (exact) mass is 219 g/mol. The SMILES string of the molecule is ClCCN(CCCl)CC1=CCC=C1. The summed E-state index contributed by atoms with van der Waals surface area (Å²) >= 11 is 11.4. The molecule has 0 bridgehead atoms. The Kier molecular flexibility index (Phi) is 5.52. The number of halogens is 2. The van der Waals surface area contributed by atoms with Gasteiger partial charge >= 0.3 is 0 Å². The van der Waals surface area contributed by atoms with Crippen molar-refractivity contribution in [3.8, 4) is 0 Å². The molecule has 0 saturated carbocycles. The maximum atomic E-state index is 5.70. The molecule has 0 spiro atoms. The van der Waals surface area contributed by atoms with Crippen LogP contribution in [-0.4, -0.2) is 36.3 Å². The summed E-state index contributed by atoms with van der Waals surface area (Å²) in [5, 5.41) is 0. The van der Waals surface area contributed by atoms with Crippen LogP contribution in [0.3, 0.4) is 0 Å². The maximum Gasteiger partial charge on any atom is 0.0351 e. The molecule has 0 saturated heterocycles. The fourth-order valence-electron chi connectivity index (χ4n) is 1.39. The van der Waals surface area contributed by atoms with Gasteiger partial charge in [0.1, 0.15) is 0 Å². The standard InChI is InChI=1S/C10H15Cl2N/c11-5-7-13(8-6-12)9-10-3-1-2-4-10/h1,3-4H,2,5-9H2. The molecule has 0 unspecified atom stereocenters. The molecule has 1 rings (SSSR count). The molecule has 74 valence electrons. The van der Waals surface area contributed by atoms with Crippen molar-refractivity contribution in [2.24, 2.45) is 0 Å². The zero-order valence-electron chi connectivity index (χ0n) is 7.68. The summed E-state index contributed by atoms with van der Waals surface area (Å²) in [6, 6.07) is 0. The third-order valence-electron chi connectivity index (χ3n) is 2.06. The quantitative estimate of drug-likeness (QED) is 0.622. The number of rotatable bonds is 6. The van der Waals surface area contributed by atoms with Gasteiger partial charge in [-0.05, 0) is 12.0 Å². The van der Waals surface area contributed by atoms with E-state index >= 15 is 0 Å². The molecule has 0 heterocycles. The van der Waals surface area contributed by atoms with Crippen LogP contribution in [0.15, 0.2) is 23.8 Å². The molecule has 13 heavy (non-hydrogen) atoms. The minimum Gasteiger partial charge on any atom is -0.297 e. The van der Waals surface area contributed by atoms with E-state index in [9.17, 15) is 0 Å². The van der Waals surface area contributed by atoms with Crippen LogP contribution in [0.2, 0.25) is 0 Å². The lowest BCUT2D eigenvalue weighted by atomic mass is 10.2. The third-order valence-corrected chi connectivity index (χ3v) is 2.39. The van der Waals surface area contributed by atoms with Crippen LogP contribution in [0.5, 0.6) is 0 Å². The van der Waals surface area contributed by atoms with Crippen molar-refractivity contribution < 1.29 is 0 Å². The van der Waals surface area contributed by atoms with Gasteiger partial charge in [0.05, 0.1) is 0 Å². The Bertz CT molecular complexity index is 193. The van der Waals surface area contributed by atoms with Crippen molar-refractivity contribution in [2.45, 2.75) is 6.42 Å². The first-order valence-corrected chi connectivity index (χ1v) is 5.63. The van der Waals surface area contributed by atoms with Gasteiger partial charge in [-0.3, -0.25) is 4.90 Å². The highest BCUT2D eigenvalue weighted by molar-refractivity contribution is 6.18. The predicted octanol–water partition coefficient (Wildman–Crippen LogP) is 2.65. The molecule has 0 radical (unpaired) electrons. The van der Waals surface area contributed by atoms with Crippen LogP contribution in [0.25, 0.3) is 0 Å². The number of alkyl halides is 2. The van der Waals surface area contributed by atoms with E-state index in [1.807, 2.05) is 0 Å². The van der Waals surface area contributed by atoms with E-state index in [1.165, 1.54) is 5.57 Å². The molecule has 0 amide bonds. The molecule has 0 aromatic carbocycles. The Morgan fingerprint density at radius 3 is 2.38 bits per heavy atom. The Labute approximate surface area is 90.0 Å². The molecular formula is C10H15Cl2N. The van der Waals surface area contributed by atoms with Crippen molar-refractivity contribution in [3.63, 3.8) is 0 Å². The average molecular weight is 220 g/mol. The smallest absolute Gasteiger partial charge is 0.0351 e. The summed E-state index contributed by atoms with van der Waals surface area (Å²) in [6.07, 6.45) is 7.67. The summed E-state index contributed by atoms with van der Waals surface area (Å²) in [4.78, 5) is 2.28. The minimum absolute atomic E-state index is 0.674. The van der Waals surface area contributed by atoms with E-state index in [1.54, 1.807) is 0 Å². The Balaban J connectivity index is 2.32. The summed E-state index contributed by atoms with van der Waals surface area (Å²) in [5.41, 5.74) is 1.38. The van der Waals surface area contributed by atoms with E-state index in [0.717, 1.165) is 26.1 Å². The Morgan fingerprint density at radius 1 is 1.23 bits per heavy atom. The second-order valence-electron chi connectivity index (χ2n) is 3.07. The summed E-state index contributed by atoms with van der Waals surface area (Å²) in [5.74, 6) is 1.35. The van der Waals surface area contributed by atoms with Crippen LogP contribution in [0, 0.1) is 0 Å². The van der Waals surface area contributed by atoms with Gasteiger partial charge in [0.2, 0.25) is 0 Å². The van der Waals surface area contributed by atoms with E-state index in [0.29, 0.717) is 11.8 Å². The number of allylic oxidation sites excluding steroid dienone is 2. The summed E-state index contributed by atoms with van der Waals surface area (Å²) < 4.78 is 0. The number of nitrogens with zero attached hydrogens (tertiary/aromatic N) is 1. The molecule has 0 aliphatic heterocycles. The minimum atomic E-state index is 0.674. The topological polar surface area (TPSA) is 3.24 Å². The van der Waals surface area contributed by atoms with Gasteiger partial charge in [-0.2, -0.15) is 0 Å². The van der Waals surface area contributed by atoms with E-state index in [4.69, 9.17) is 23.2 Å². The fraction of sp³-hybridized carbons (Fsp3) is 0.600. The number of hydrogen-bond acceptors (Lipinski definition) is 1. The molecule has 1 aliphatic carbocycles. The predicted molar refractivity (Wildman–Crippen MR) is 59.7 cm³/mol. The third kappa shape index (κ3) is 4.17. The van der Waals surface area contributed by atoms with Crippen molar-refractivity contribution >= 4 is 23.2 Å². The largest absolute Gasteiger partial charge is 0.297 e. The van der Waals surface area contributed by atoms with Crippen molar-refractivity contribution in [1.29, 1.82) is 0 Å². The second-order valence-corrected chi connectivity index (χ2v) is 3.83.